The number of alkyl halides is 2. The summed E-state index contributed by atoms with van der Waals surface area (Å²) in [5.41, 5.74) is 0.641. The molecule has 0 aliphatic carbocycles. The van der Waals surface area contributed by atoms with Crippen molar-refractivity contribution in [2.75, 3.05) is 18.4 Å². The molecule has 6 heteroatoms. The van der Waals surface area contributed by atoms with Crippen LogP contribution in [0, 0.1) is 0 Å². The lowest BCUT2D eigenvalue weighted by atomic mass is 10.1. The van der Waals surface area contributed by atoms with Gasteiger partial charge in [-0.05, 0) is 57.1 Å². The first-order valence-corrected chi connectivity index (χ1v) is 8.04. The number of hydrogen-bond acceptors (Lipinski definition) is 3. The maximum absolute atomic E-state index is 12.2. The van der Waals surface area contributed by atoms with Crippen LogP contribution in [0.25, 0.3) is 0 Å². The van der Waals surface area contributed by atoms with Gasteiger partial charge in [-0.25, -0.2) is 0 Å². The van der Waals surface area contributed by atoms with E-state index in [2.05, 4.69) is 10.2 Å². The topological polar surface area (TPSA) is 32.3 Å². The quantitative estimate of drug-likeness (QED) is 0.839. The van der Waals surface area contributed by atoms with Crippen LogP contribution in [0.3, 0.4) is 0 Å². The Morgan fingerprint density at radius 2 is 1.81 bits per heavy atom. The smallest absolute Gasteiger partial charge is 0.288 e. The van der Waals surface area contributed by atoms with Gasteiger partial charge in [0.2, 0.25) is 5.91 Å². The molecule has 1 heterocycles. The van der Waals surface area contributed by atoms with Crippen LogP contribution < -0.4 is 5.32 Å². The molecular formula is C15H20F2N2OS. The van der Waals surface area contributed by atoms with Gasteiger partial charge in [0.25, 0.3) is 5.76 Å². The van der Waals surface area contributed by atoms with Crippen LogP contribution in [0.15, 0.2) is 29.2 Å². The largest absolute Gasteiger partial charge is 0.325 e. The van der Waals surface area contributed by atoms with Crippen molar-refractivity contribution in [2.45, 2.75) is 42.9 Å². The third-order valence-corrected chi connectivity index (χ3v) is 4.39. The molecule has 1 fully saturated rings. The Balaban J connectivity index is 1.89. The van der Waals surface area contributed by atoms with Crippen LogP contribution in [0.5, 0.6) is 0 Å². The van der Waals surface area contributed by atoms with Crippen LogP contribution in [-0.4, -0.2) is 35.7 Å². The molecule has 1 amide bonds. The molecule has 21 heavy (non-hydrogen) atoms. The van der Waals surface area contributed by atoms with Crippen molar-refractivity contribution in [3.05, 3.63) is 24.3 Å². The summed E-state index contributed by atoms with van der Waals surface area (Å²) in [6.07, 6.45) is 3.50. The summed E-state index contributed by atoms with van der Waals surface area (Å²) in [6, 6.07) is 6.34. The fourth-order valence-electron chi connectivity index (χ4n) is 2.44. The normalized spacial score (nSPS) is 17.7. The van der Waals surface area contributed by atoms with Gasteiger partial charge in [0.05, 0.1) is 6.04 Å². The second-order valence-electron chi connectivity index (χ2n) is 5.16. The Kier molecular flexibility index (Phi) is 5.99. The molecule has 1 aliphatic rings. The van der Waals surface area contributed by atoms with Gasteiger partial charge in [-0.3, -0.25) is 9.69 Å². The fraction of sp³-hybridized carbons (Fsp3) is 0.533. The van der Waals surface area contributed by atoms with Crippen LogP contribution in [0.2, 0.25) is 0 Å². The molecule has 1 aromatic rings. The van der Waals surface area contributed by atoms with E-state index in [4.69, 9.17) is 0 Å². The van der Waals surface area contributed by atoms with Crippen molar-refractivity contribution < 1.29 is 13.6 Å². The molecule has 1 aliphatic heterocycles. The summed E-state index contributed by atoms with van der Waals surface area (Å²) in [7, 11) is 0. The predicted octanol–water partition coefficient (Wildman–Crippen LogP) is 3.81. The molecule has 116 valence electrons. The Morgan fingerprint density at radius 3 is 2.38 bits per heavy atom. The van der Waals surface area contributed by atoms with Gasteiger partial charge in [0, 0.05) is 10.6 Å². The highest BCUT2D eigenvalue weighted by Gasteiger charge is 2.22. The van der Waals surface area contributed by atoms with Gasteiger partial charge in [-0.2, -0.15) is 8.78 Å². The maximum atomic E-state index is 12.2. The highest BCUT2D eigenvalue weighted by Crippen LogP contribution is 2.26. The number of amides is 1. The van der Waals surface area contributed by atoms with Crippen molar-refractivity contribution >= 4 is 23.4 Å². The number of carbonyl (C=O) groups excluding carboxylic acids is 1. The zero-order valence-electron chi connectivity index (χ0n) is 12.0. The van der Waals surface area contributed by atoms with Crippen molar-refractivity contribution in [2.24, 2.45) is 0 Å². The number of benzene rings is 1. The Bertz CT molecular complexity index is 461. The molecule has 0 bridgehead atoms. The number of piperidine rings is 1. The fourth-order valence-corrected chi connectivity index (χ4v) is 2.94. The van der Waals surface area contributed by atoms with Crippen molar-refractivity contribution in [1.82, 2.24) is 4.90 Å². The van der Waals surface area contributed by atoms with Crippen LogP contribution in [-0.2, 0) is 4.79 Å². The zero-order chi connectivity index (χ0) is 15.2. The number of thioether (sulfide) groups is 1. The van der Waals surface area contributed by atoms with E-state index >= 15 is 0 Å². The standard InChI is InChI=1S/C15H20F2N2OS/c1-11(19-9-3-2-4-10-19)14(20)18-12-5-7-13(8-6-12)21-15(16)17/h5-8,11,15H,2-4,9-10H2,1H3,(H,18,20)/t11-/m1/s1. The van der Waals surface area contributed by atoms with Crippen molar-refractivity contribution in [3.63, 3.8) is 0 Å². The molecule has 0 radical (unpaired) electrons. The Labute approximate surface area is 128 Å². The molecule has 1 aromatic carbocycles. The average Bonchev–Trinajstić information content (AvgIpc) is 2.49. The first kappa shape index (κ1) is 16.2. The van der Waals surface area contributed by atoms with E-state index in [0.29, 0.717) is 22.3 Å². The number of carbonyl (C=O) groups is 1. The first-order valence-electron chi connectivity index (χ1n) is 7.16. The summed E-state index contributed by atoms with van der Waals surface area (Å²) >= 11 is 0.501. The number of anilines is 1. The van der Waals surface area contributed by atoms with E-state index in [0.717, 1.165) is 25.9 Å². The molecule has 1 atom stereocenters. The number of nitrogens with one attached hydrogen (secondary N) is 1. The highest BCUT2D eigenvalue weighted by atomic mass is 32.2. The maximum Gasteiger partial charge on any atom is 0.288 e. The first-order chi connectivity index (χ1) is 10.1. The van der Waals surface area contributed by atoms with Crippen LogP contribution >= 0.6 is 11.8 Å². The summed E-state index contributed by atoms with van der Waals surface area (Å²) in [6.45, 7) is 3.82. The van der Waals surface area contributed by atoms with Gasteiger partial charge in [0.1, 0.15) is 0 Å². The minimum Gasteiger partial charge on any atom is -0.325 e. The number of rotatable bonds is 5. The van der Waals surface area contributed by atoms with Gasteiger partial charge in [0.15, 0.2) is 0 Å². The van der Waals surface area contributed by atoms with Crippen LogP contribution in [0.4, 0.5) is 14.5 Å². The van der Waals surface area contributed by atoms with Crippen LogP contribution in [0.1, 0.15) is 26.2 Å². The second kappa shape index (κ2) is 7.75. The highest BCUT2D eigenvalue weighted by molar-refractivity contribution is 7.99. The van der Waals surface area contributed by atoms with E-state index in [1.54, 1.807) is 24.3 Å². The molecule has 0 unspecified atom stereocenters. The van der Waals surface area contributed by atoms with E-state index in [-0.39, 0.29) is 11.9 Å². The Hall–Kier alpha value is -1.14. The molecule has 3 nitrogen and oxygen atoms in total. The molecule has 0 aromatic heterocycles. The third-order valence-electron chi connectivity index (χ3n) is 3.66. The number of nitrogens with zero attached hydrogens (tertiary/aromatic N) is 1. The van der Waals surface area contributed by atoms with Crippen molar-refractivity contribution in [1.29, 1.82) is 0 Å². The lowest BCUT2D eigenvalue weighted by Gasteiger charge is -2.31. The summed E-state index contributed by atoms with van der Waals surface area (Å²) < 4.78 is 24.5. The van der Waals surface area contributed by atoms with E-state index in [9.17, 15) is 13.6 Å². The number of hydrogen-bond donors (Lipinski definition) is 1. The average molecular weight is 314 g/mol. The predicted molar refractivity (Wildman–Crippen MR) is 81.8 cm³/mol. The lowest BCUT2D eigenvalue weighted by Crippen LogP contribution is -2.44. The number of halogens is 2. The SMILES string of the molecule is C[C@H](C(=O)Nc1ccc(SC(F)F)cc1)N1CCCCC1. The monoisotopic (exact) mass is 314 g/mol. The summed E-state index contributed by atoms with van der Waals surface area (Å²) in [5, 5.41) is 2.84. The van der Waals surface area contributed by atoms with E-state index < -0.39 is 5.76 Å². The Morgan fingerprint density at radius 1 is 1.19 bits per heavy atom. The molecular weight excluding hydrogens is 294 g/mol. The molecule has 2 rings (SSSR count). The summed E-state index contributed by atoms with van der Waals surface area (Å²) in [5.74, 6) is -2.48. The van der Waals surface area contributed by atoms with Crippen molar-refractivity contribution in [3.8, 4) is 0 Å². The molecule has 1 N–H and O–H groups in total. The molecule has 1 saturated heterocycles. The van der Waals surface area contributed by atoms with Gasteiger partial charge >= 0.3 is 0 Å². The van der Waals surface area contributed by atoms with Gasteiger partial charge < -0.3 is 5.32 Å². The molecule has 0 saturated carbocycles. The van der Waals surface area contributed by atoms with E-state index in [1.165, 1.54) is 6.42 Å². The third kappa shape index (κ3) is 4.97. The summed E-state index contributed by atoms with van der Waals surface area (Å²) in [4.78, 5) is 14.9. The lowest BCUT2D eigenvalue weighted by molar-refractivity contribution is -0.121. The zero-order valence-corrected chi connectivity index (χ0v) is 12.8. The van der Waals surface area contributed by atoms with E-state index in [1.807, 2.05) is 6.92 Å². The van der Waals surface area contributed by atoms with Gasteiger partial charge in [-0.15, -0.1) is 0 Å². The minimum absolute atomic E-state index is 0.0498. The minimum atomic E-state index is -2.43. The molecule has 0 spiro atoms. The second-order valence-corrected chi connectivity index (χ2v) is 6.23. The van der Waals surface area contributed by atoms with Gasteiger partial charge in [-0.1, -0.05) is 18.2 Å². The number of likely N-dealkylation sites (tertiary alicyclic amines) is 1.